The van der Waals surface area contributed by atoms with Crippen LogP contribution in [0.3, 0.4) is 0 Å². The molecular formula is C19H28N2O2. The maximum Gasteiger partial charge on any atom is 0.232 e. The molecule has 2 amide bonds. The van der Waals surface area contributed by atoms with Gasteiger partial charge in [-0.1, -0.05) is 24.3 Å². The fraction of sp³-hybridized carbons (Fsp3) is 0.579. The lowest BCUT2D eigenvalue weighted by Crippen LogP contribution is -2.48. The predicted octanol–water partition coefficient (Wildman–Crippen LogP) is 2.65. The SMILES string of the molecule is CC(=O)NCC1CCN(C(=O)C(C)(C)c2ccccc2C)CC1. The number of benzene rings is 1. The maximum atomic E-state index is 13.0. The molecule has 1 aliphatic heterocycles. The Balaban J connectivity index is 1.99. The molecule has 0 unspecified atom stereocenters. The Hall–Kier alpha value is -1.84. The van der Waals surface area contributed by atoms with E-state index in [4.69, 9.17) is 0 Å². The van der Waals surface area contributed by atoms with Crippen LogP contribution in [0.15, 0.2) is 24.3 Å². The van der Waals surface area contributed by atoms with Crippen LogP contribution < -0.4 is 5.32 Å². The molecule has 1 heterocycles. The molecule has 0 saturated carbocycles. The van der Waals surface area contributed by atoms with Gasteiger partial charge in [-0.15, -0.1) is 0 Å². The van der Waals surface area contributed by atoms with Gasteiger partial charge in [-0.2, -0.15) is 0 Å². The van der Waals surface area contributed by atoms with Crippen LogP contribution in [0.1, 0.15) is 44.7 Å². The highest BCUT2D eigenvalue weighted by atomic mass is 16.2. The van der Waals surface area contributed by atoms with E-state index >= 15 is 0 Å². The van der Waals surface area contributed by atoms with Crippen LogP contribution >= 0.6 is 0 Å². The van der Waals surface area contributed by atoms with Crippen molar-refractivity contribution < 1.29 is 9.59 Å². The average Bonchev–Trinajstić information content (AvgIpc) is 2.53. The number of hydrogen-bond donors (Lipinski definition) is 1. The molecule has 0 aliphatic carbocycles. The van der Waals surface area contributed by atoms with E-state index in [2.05, 4.69) is 24.4 Å². The van der Waals surface area contributed by atoms with Crippen molar-refractivity contribution in [1.29, 1.82) is 0 Å². The molecule has 1 N–H and O–H groups in total. The second-order valence-corrected chi connectivity index (χ2v) is 7.11. The third-order valence-electron chi connectivity index (χ3n) is 4.89. The second-order valence-electron chi connectivity index (χ2n) is 7.11. The number of aryl methyl sites for hydroxylation is 1. The fourth-order valence-corrected chi connectivity index (χ4v) is 3.41. The lowest BCUT2D eigenvalue weighted by Gasteiger charge is -2.37. The van der Waals surface area contributed by atoms with E-state index in [9.17, 15) is 9.59 Å². The Bertz CT molecular complexity index is 572. The molecule has 0 aromatic heterocycles. The summed E-state index contributed by atoms with van der Waals surface area (Å²) in [6.45, 7) is 9.91. The van der Waals surface area contributed by atoms with Crippen molar-refractivity contribution in [1.82, 2.24) is 10.2 Å². The highest BCUT2D eigenvalue weighted by molar-refractivity contribution is 5.87. The van der Waals surface area contributed by atoms with Gasteiger partial charge in [0.15, 0.2) is 0 Å². The second kappa shape index (κ2) is 7.16. The molecular weight excluding hydrogens is 288 g/mol. The van der Waals surface area contributed by atoms with Gasteiger partial charge in [0.25, 0.3) is 0 Å². The Morgan fingerprint density at radius 3 is 2.39 bits per heavy atom. The van der Waals surface area contributed by atoms with Crippen molar-refractivity contribution in [3.05, 3.63) is 35.4 Å². The summed E-state index contributed by atoms with van der Waals surface area (Å²) in [7, 11) is 0. The van der Waals surface area contributed by atoms with Crippen molar-refractivity contribution in [3.8, 4) is 0 Å². The van der Waals surface area contributed by atoms with E-state index in [0.29, 0.717) is 5.92 Å². The summed E-state index contributed by atoms with van der Waals surface area (Å²) in [4.78, 5) is 26.0. The predicted molar refractivity (Wildman–Crippen MR) is 92.2 cm³/mol. The van der Waals surface area contributed by atoms with Crippen LogP contribution in [0.4, 0.5) is 0 Å². The van der Waals surface area contributed by atoms with Gasteiger partial charge in [0, 0.05) is 26.6 Å². The molecule has 1 aromatic rings. The van der Waals surface area contributed by atoms with Crippen LogP contribution in [0.5, 0.6) is 0 Å². The minimum Gasteiger partial charge on any atom is -0.356 e. The fourth-order valence-electron chi connectivity index (χ4n) is 3.41. The van der Waals surface area contributed by atoms with Gasteiger partial charge in [-0.3, -0.25) is 9.59 Å². The van der Waals surface area contributed by atoms with Gasteiger partial charge in [-0.25, -0.2) is 0 Å². The first-order chi connectivity index (χ1) is 10.8. The minimum atomic E-state index is -0.504. The van der Waals surface area contributed by atoms with Gasteiger partial charge in [0.05, 0.1) is 5.41 Å². The number of carbonyl (C=O) groups is 2. The zero-order valence-corrected chi connectivity index (χ0v) is 14.7. The Kier molecular flexibility index (Phi) is 5.45. The molecule has 126 valence electrons. The van der Waals surface area contributed by atoms with Crippen molar-refractivity contribution in [2.75, 3.05) is 19.6 Å². The van der Waals surface area contributed by atoms with E-state index in [-0.39, 0.29) is 11.8 Å². The van der Waals surface area contributed by atoms with Gasteiger partial charge < -0.3 is 10.2 Å². The van der Waals surface area contributed by atoms with Crippen molar-refractivity contribution >= 4 is 11.8 Å². The standard InChI is InChI=1S/C19H28N2O2/c1-14-7-5-6-8-17(14)19(3,4)18(23)21-11-9-16(10-12-21)13-20-15(2)22/h5-8,16H,9-13H2,1-4H3,(H,20,22). The summed E-state index contributed by atoms with van der Waals surface area (Å²) < 4.78 is 0. The number of nitrogens with one attached hydrogen (secondary N) is 1. The first-order valence-electron chi connectivity index (χ1n) is 8.42. The number of nitrogens with zero attached hydrogens (tertiary/aromatic N) is 1. The third-order valence-corrected chi connectivity index (χ3v) is 4.89. The number of carbonyl (C=O) groups excluding carboxylic acids is 2. The topological polar surface area (TPSA) is 49.4 Å². The zero-order chi connectivity index (χ0) is 17.0. The number of amides is 2. The van der Waals surface area contributed by atoms with Crippen LogP contribution in [-0.4, -0.2) is 36.3 Å². The largest absolute Gasteiger partial charge is 0.356 e. The normalized spacial score (nSPS) is 16.3. The highest BCUT2D eigenvalue weighted by Gasteiger charge is 2.36. The molecule has 1 fully saturated rings. The van der Waals surface area contributed by atoms with E-state index in [1.807, 2.05) is 30.9 Å². The van der Waals surface area contributed by atoms with Crippen LogP contribution in [-0.2, 0) is 15.0 Å². The number of rotatable bonds is 4. The summed E-state index contributed by atoms with van der Waals surface area (Å²) in [5, 5.41) is 2.88. The molecule has 2 rings (SSSR count). The summed E-state index contributed by atoms with van der Waals surface area (Å²) in [5.41, 5.74) is 1.76. The van der Waals surface area contributed by atoms with Gasteiger partial charge >= 0.3 is 0 Å². The monoisotopic (exact) mass is 316 g/mol. The van der Waals surface area contributed by atoms with Gasteiger partial charge in [-0.05, 0) is 50.7 Å². The molecule has 0 spiro atoms. The molecule has 0 bridgehead atoms. The van der Waals surface area contributed by atoms with E-state index in [1.54, 1.807) is 6.92 Å². The first-order valence-corrected chi connectivity index (χ1v) is 8.42. The lowest BCUT2D eigenvalue weighted by molar-refractivity contribution is -0.137. The Morgan fingerprint density at radius 2 is 1.83 bits per heavy atom. The van der Waals surface area contributed by atoms with Crippen LogP contribution in [0.2, 0.25) is 0 Å². The lowest BCUT2D eigenvalue weighted by atomic mass is 9.80. The highest BCUT2D eigenvalue weighted by Crippen LogP contribution is 2.30. The molecule has 0 radical (unpaired) electrons. The summed E-state index contributed by atoms with van der Waals surface area (Å²) in [6.07, 6.45) is 1.91. The molecule has 4 heteroatoms. The van der Waals surface area contributed by atoms with Gasteiger partial charge in [0.2, 0.25) is 11.8 Å². The number of hydrogen-bond acceptors (Lipinski definition) is 2. The molecule has 0 atom stereocenters. The van der Waals surface area contributed by atoms with Crippen LogP contribution in [0.25, 0.3) is 0 Å². The molecule has 1 aromatic carbocycles. The van der Waals surface area contributed by atoms with E-state index in [0.717, 1.165) is 43.6 Å². The third kappa shape index (κ3) is 4.12. The summed E-state index contributed by atoms with van der Waals surface area (Å²) in [6, 6.07) is 8.12. The minimum absolute atomic E-state index is 0.0178. The Labute approximate surface area is 139 Å². The Morgan fingerprint density at radius 1 is 1.22 bits per heavy atom. The summed E-state index contributed by atoms with van der Waals surface area (Å²) >= 11 is 0. The maximum absolute atomic E-state index is 13.0. The van der Waals surface area contributed by atoms with E-state index in [1.165, 1.54) is 0 Å². The van der Waals surface area contributed by atoms with Crippen LogP contribution in [0, 0.1) is 12.8 Å². The summed E-state index contributed by atoms with van der Waals surface area (Å²) in [5.74, 6) is 0.693. The van der Waals surface area contributed by atoms with Crippen molar-refractivity contribution in [3.63, 3.8) is 0 Å². The molecule has 1 saturated heterocycles. The molecule has 4 nitrogen and oxygen atoms in total. The first kappa shape index (κ1) is 17.5. The number of likely N-dealkylation sites (tertiary alicyclic amines) is 1. The zero-order valence-electron chi connectivity index (χ0n) is 14.7. The molecule has 1 aliphatic rings. The smallest absolute Gasteiger partial charge is 0.232 e. The van der Waals surface area contributed by atoms with Gasteiger partial charge in [0.1, 0.15) is 0 Å². The van der Waals surface area contributed by atoms with Crippen molar-refractivity contribution in [2.45, 2.75) is 46.0 Å². The van der Waals surface area contributed by atoms with E-state index < -0.39 is 5.41 Å². The molecule has 23 heavy (non-hydrogen) atoms. The average molecular weight is 316 g/mol. The quantitative estimate of drug-likeness (QED) is 0.928. The van der Waals surface area contributed by atoms with Crippen molar-refractivity contribution in [2.24, 2.45) is 5.92 Å². The number of piperidine rings is 1.